The Labute approximate surface area is 167 Å². The van der Waals surface area contributed by atoms with Gasteiger partial charge in [-0.05, 0) is 63.9 Å². The van der Waals surface area contributed by atoms with Crippen LogP contribution in [0, 0.1) is 5.82 Å². The lowest BCUT2D eigenvalue weighted by Crippen LogP contribution is -2.55. The lowest BCUT2D eigenvalue weighted by atomic mass is 9.98. The molecule has 2 N–H and O–H groups in total. The second-order valence-electron chi connectivity index (χ2n) is 8.13. The topological polar surface area (TPSA) is 58.1 Å². The van der Waals surface area contributed by atoms with Gasteiger partial charge in [0.25, 0.3) is 0 Å². The normalized spacial score (nSPS) is 18.4. The molecule has 1 fully saturated rings. The molecule has 2 aliphatic heterocycles. The Morgan fingerprint density at radius 3 is 2.75 bits per heavy atom. The smallest absolute Gasteiger partial charge is 0.191 e. The standard InChI is InChI=1S/C21H33FN4O2/c1-21(2,26-9-5-4-6-10-26)14-25-20(23-3)24-8-7-16-11-18(22)12-17-13-27-15-28-19(16)17/h11-12H,4-10,13-15H2,1-3H3,(H2,23,24,25). The Balaban J connectivity index is 1.50. The zero-order valence-corrected chi connectivity index (χ0v) is 17.3. The average Bonchev–Trinajstić information content (AvgIpc) is 2.71. The van der Waals surface area contributed by atoms with Crippen molar-refractivity contribution >= 4 is 5.96 Å². The van der Waals surface area contributed by atoms with Crippen LogP contribution in [-0.2, 0) is 17.8 Å². The maximum absolute atomic E-state index is 13.9. The Morgan fingerprint density at radius 1 is 1.21 bits per heavy atom. The van der Waals surface area contributed by atoms with Crippen LogP contribution in [0.15, 0.2) is 17.1 Å². The highest BCUT2D eigenvalue weighted by atomic mass is 19.1. The summed E-state index contributed by atoms with van der Waals surface area (Å²) in [5.74, 6) is 1.26. The van der Waals surface area contributed by atoms with E-state index >= 15 is 0 Å². The molecular formula is C21H33FN4O2. The first-order valence-corrected chi connectivity index (χ1v) is 10.2. The van der Waals surface area contributed by atoms with Crippen molar-refractivity contribution in [1.82, 2.24) is 15.5 Å². The van der Waals surface area contributed by atoms with Gasteiger partial charge < -0.3 is 20.1 Å². The van der Waals surface area contributed by atoms with Crippen LogP contribution in [-0.4, -0.2) is 56.4 Å². The van der Waals surface area contributed by atoms with Crippen LogP contribution >= 0.6 is 0 Å². The number of aliphatic imine (C=N–C) groups is 1. The van der Waals surface area contributed by atoms with Gasteiger partial charge in [0.15, 0.2) is 12.8 Å². The molecule has 7 heteroatoms. The Kier molecular flexibility index (Phi) is 7.13. The van der Waals surface area contributed by atoms with Crippen LogP contribution in [0.5, 0.6) is 5.75 Å². The first kappa shape index (κ1) is 20.9. The van der Waals surface area contributed by atoms with Gasteiger partial charge in [0, 0.05) is 31.2 Å². The van der Waals surface area contributed by atoms with E-state index in [4.69, 9.17) is 9.47 Å². The molecule has 0 atom stereocenters. The van der Waals surface area contributed by atoms with Gasteiger partial charge in [-0.2, -0.15) is 0 Å². The van der Waals surface area contributed by atoms with Gasteiger partial charge in [-0.3, -0.25) is 9.89 Å². The lowest BCUT2D eigenvalue weighted by Gasteiger charge is -2.41. The number of fused-ring (bicyclic) bond motifs is 1. The Hall–Kier alpha value is -1.86. The fourth-order valence-corrected chi connectivity index (χ4v) is 3.89. The quantitative estimate of drug-likeness (QED) is 0.576. The predicted molar refractivity (Wildman–Crippen MR) is 109 cm³/mol. The summed E-state index contributed by atoms with van der Waals surface area (Å²) in [5, 5.41) is 6.77. The number of hydrogen-bond acceptors (Lipinski definition) is 4. The van der Waals surface area contributed by atoms with Crippen molar-refractivity contribution in [2.75, 3.05) is 40.0 Å². The van der Waals surface area contributed by atoms with Gasteiger partial charge in [-0.15, -0.1) is 0 Å². The van der Waals surface area contributed by atoms with E-state index < -0.39 is 0 Å². The molecular weight excluding hydrogens is 359 g/mol. The monoisotopic (exact) mass is 392 g/mol. The first-order chi connectivity index (χ1) is 13.5. The summed E-state index contributed by atoms with van der Waals surface area (Å²) in [6, 6.07) is 3.02. The molecule has 6 nitrogen and oxygen atoms in total. The third-order valence-electron chi connectivity index (χ3n) is 5.56. The van der Waals surface area contributed by atoms with E-state index in [1.165, 1.54) is 25.3 Å². The minimum absolute atomic E-state index is 0.0769. The number of likely N-dealkylation sites (tertiary alicyclic amines) is 1. The van der Waals surface area contributed by atoms with E-state index in [1.807, 2.05) is 0 Å². The zero-order chi connectivity index (χ0) is 20.0. The molecule has 0 unspecified atom stereocenters. The van der Waals surface area contributed by atoms with E-state index in [0.29, 0.717) is 19.6 Å². The molecule has 0 radical (unpaired) electrons. The van der Waals surface area contributed by atoms with Crippen molar-refractivity contribution in [3.8, 4) is 5.75 Å². The molecule has 0 aromatic heterocycles. The van der Waals surface area contributed by atoms with E-state index in [0.717, 1.165) is 42.5 Å². The molecule has 2 aliphatic rings. The molecule has 1 aromatic rings. The summed E-state index contributed by atoms with van der Waals surface area (Å²) in [7, 11) is 1.77. The van der Waals surface area contributed by atoms with Gasteiger partial charge in [-0.25, -0.2) is 4.39 Å². The van der Waals surface area contributed by atoms with Crippen molar-refractivity contribution in [3.05, 3.63) is 29.1 Å². The molecule has 0 aliphatic carbocycles. The molecule has 0 bridgehead atoms. The Morgan fingerprint density at radius 2 is 2.00 bits per heavy atom. The highest BCUT2D eigenvalue weighted by Crippen LogP contribution is 2.29. The molecule has 28 heavy (non-hydrogen) atoms. The minimum Gasteiger partial charge on any atom is -0.467 e. The average molecular weight is 393 g/mol. The molecule has 0 spiro atoms. The fourth-order valence-electron chi connectivity index (χ4n) is 3.89. The third kappa shape index (κ3) is 5.35. The number of hydrogen-bond donors (Lipinski definition) is 2. The fraction of sp³-hybridized carbons (Fsp3) is 0.667. The van der Waals surface area contributed by atoms with Crippen LogP contribution in [0.4, 0.5) is 4.39 Å². The Bertz CT molecular complexity index is 687. The van der Waals surface area contributed by atoms with Crippen LogP contribution in [0.2, 0.25) is 0 Å². The number of piperidine rings is 1. The van der Waals surface area contributed by atoms with Crippen molar-refractivity contribution in [2.24, 2.45) is 4.99 Å². The largest absolute Gasteiger partial charge is 0.467 e. The summed E-state index contributed by atoms with van der Waals surface area (Å²) in [6.07, 6.45) is 4.54. The highest BCUT2D eigenvalue weighted by Gasteiger charge is 2.27. The summed E-state index contributed by atoms with van der Waals surface area (Å²) >= 11 is 0. The van der Waals surface area contributed by atoms with Gasteiger partial charge in [0.2, 0.25) is 0 Å². The maximum atomic E-state index is 13.9. The van der Waals surface area contributed by atoms with E-state index in [-0.39, 0.29) is 18.1 Å². The summed E-state index contributed by atoms with van der Waals surface area (Å²) in [4.78, 5) is 6.87. The van der Waals surface area contributed by atoms with Gasteiger partial charge in [-0.1, -0.05) is 6.42 Å². The SMILES string of the molecule is CN=C(NCCc1cc(F)cc2c1OCOC2)NCC(C)(C)N1CCCCC1. The van der Waals surface area contributed by atoms with E-state index in [9.17, 15) is 4.39 Å². The van der Waals surface area contributed by atoms with Crippen molar-refractivity contribution < 1.29 is 13.9 Å². The molecule has 2 heterocycles. The second-order valence-corrected chi connectivity index (χ2v) is 8.13. The first-order valence-electron chi connectivity index (χ1n) is 10.2. The third-order valence-corrected chi connectivity index (χ3v) is 5.56. The summed E-state index contributed by atoms with van der Waals surface area (Å²) < 4.78 is 24.7. The number of benzene rings is 1. The number of nitrogens with zero attached hydrogens (tertiary/aromatic N) is 2. The van der Waals surface area contributed by atoms with Gasteiger partial charge in [0.05, 0.1) is 6.61 Å². The van der Waals surface area contributed by atoms with Crippen molar-refractivity contribution in [2.45, 2.75) is 51.7 Å². The number of nitrogens with one attached hydrogen (secondary N) is 2. The van der Waals surface area contributed by atoms with Crippen molar-refractivity contribution in [1.29, 1.82) is 0 Å². The lowest BCUT2D eigenvalue weighted by molar-refractivity contribution is -0.0172. The van der Waals surface area contributed by atoms with E-state index in [1.54, 1.807) is 13.1 Å². The summed E-state index contributed by atoms with van der Waals surface area (Å²) in [5.41, 5.74) is 1.70. The molecule has 0 saturated carbocycles. The minimum atomic E-state index is -0.256. The molecule has 0 amide bonds. The summed E-state index contributed by atoms with van der Waals surface area (Å²) in [6.45, 7) is 8.95. The number of guanidine groups is 1. The van der Waals surface area contributed by atoms with Gasteiger partial charge >= 0.3 is 0 Å². The van der Waals surface area contributed by atoms with Crippen LogP contribution in [0.1, 0.15) is 44.2 Å². The van der Waals surface area contributed by atoms with Gasteiger partial charge in [0.1, 0.15) is 11.6 Å². The molecule has 3 rings (SSSR count). The van der Waals surface area contributed by atoms with Crippen LogP contribution in [0.3, 0.4) is 0 Å². The number of halogens is 1. The molecule has 1 aromatic carbocycles. The van der Waals surface area contributed by atoms with Crippen molar-refractivity contribution in [3.63, 3.8) is 0 Å². The van der Waals surface area contributed by atoms with Crippen LogP contribution < -0.4 is 15.4 Å². The predicted octanol–water partition coefficient (Wildman–Crippen LogP) is 2.66. The second kappa shape index (κ2) is 9.56. The zero-order valence-electron chi connectivity index (χ0n) is 17.3. The maximum Gasteiger partial charge on any atom is 0.191 e. The molecule has 156 valence electrons. The number of ether oxygens (including phenoxy) is 2. The number of rotatable bonds is 6. The highest BCUT2D eigenvalue weighted by molar-refractivity contribution is 5.79. The van der Waals surface area contributed by atoms with E-state index in [2.05, 4.69) is 34.4 Å². The van der Waals surface area contributed by atoms with Crippen LogP contribution in [0.25, 0.3) is 0 Å². The molecule has 1 saturated heterocycles.